The van der Waals surface area contributed by atoms with Crippen LogP contribution in [0.2, 0.25) is 0 Å². The number of anilines is 1. The molecule has 0 unspecified atom stereocenters. The van der Waals surface area contributed by atoms with Crippen molar-refractivity contribution in [3.63, 3.8) is 0 Å². The van der Waals surface area contributed by atoms with E-state index >= 15 is 0 Å². The van der Waals surface area contributed by atoms with Crippen molar-refractivity contribution in [1.82, 2.24) is 0 Å². The lowest BCUT2D eigenvalue weighted by Crippen LogP contribution is -2.31. The molecule has 2 rings (SSSR count). The van der Waals surface area contributed by atoms with Crippen molar-refractivity contribution in [3.05, 3.63) is 65.7 Å². The summed E-state index contributed by atoms with van der Waals surface area (Å²) in [6.45, 7) is 2.20. The monoisotopic (exact) mass is 261 g/mol. The van der Waals surface area contributed by atoms with Gasteiger partial charge in [0.05, 0.1) is 5.56 Å². The molecule has 0 aliphatic rings. The number of benzene rings is 2. The fourth-order valence-corrected chi connectivity index (χ4v) is 1.86. The predicted molar refractivity (Wildman–Crippen MR) is 70.2 cm³/mol. The lowest BCUT2D eigenvalue weighted by Gasteiger charge is -2.21. The van der Waals surface area contributed by atoms with E-state index in [1.54, 1.807) is 31.2 Å². The van der Waals surface area contributed by atoms with Crippen LogP contribution in [0.25, 0.3) is 0 Å². The van der Waals surface area contributed by atoms with Gasteiger partial charge in [0.15, 0.2) is 0 Å². The number of nitrogens with zero attached hydrogens (tertiary/aromatic N) is 1. The normalized spacial score (nSPS) is 10.3. The molecule has 0 saturated heterocycles. The molecular weight excluding hydrogens is 248 g/mol. The maximum Gasteiger partial charge on any atom is 0.261 e. The number of hydrogen-bond acceptors (Lipinski definition) is 1. The summed E-state index contributed by atoms with van der Waals surface area (Å²) in [6, 6.07) is 11.9. The van der Waals surface area contributed by atoms with Crippen LogP contribution >= 0.6 is 0 Å². The van der Waals surface area contributed by atoms with E-state index in [0.29, 0.717) is 18.3 Å². The average molecular weight is 261 g/mol. The van der Waals surface area contributed by atoms with Crippen LogP contribution in [0, 0.1) is 11.6 Å². The quantitative estimate of drug-likeness (QED) is 0.826. The topological polar surface area (TPSA) is 20.3 Å². The summed E-state index contributed by atoms with van der Waals surface area (Å²) in [5, 5.41) is 0. The molecule has 0 aliphatic heterocycles. The van der Waals surface area contributed by atoms with Crippen molar-refractivity contribution in [2.75, 3.05) is 11.4 Å². The molecule has 19 heavy (non-hydrogen) atoms. The van der Waals surface area contributed by atoms with E-state index in [0.717, 1.165) is 6.07 Å². The van der Waals surface area contributed by atoms with Crippen molar-refractivity contribution in [2.24, 2.45) is 0 Å². The van der Waals surface area contributed by atoms with Crippen LogP contribution in [0.1, 0.15) is 17.3 Å². The first-order chi connectivity index (χ1) is 9.13. The zero-order valence-corrected chi connectivity index (χ0v) is 10.4. The Bertz CT molecular complexity index is 584. The highest BCUT2D eigenvalue weighted by Crippen LogP contribution is 2.18. The second-order valence-electron chi connectivity index (χ2n) is 4.01. The van der Waals surface area contributed by atoms with Gasteiger partial charge in [0.25, 0.3) is 5.91 Å². The fourth-order valence-electron chi connectivity index (χ4n) is 1.86. The van der Waals surface area contributed by atoms with Crippen molar-refractivity contribution >= 4 is 11.6 Å². The van der Waals surface area contributed by atoms with Gasteiger partial charge in [0.2, 0.25) is 0 Å². The van der Waals surface area contributed by atoms with Gasteiger partial charge in [-0.05, 0) is 31.2 Å². The molecule has 0 atom stereocenters. The average Bonchev–Trinajstić information content (AvgIpc) is 2.40. The van der Waals surface area contributed by atoms with Crippen molar-refractivity contribution in [3.8, 4) is 0 Å². The highest BCUT2D eigenvalue weighted by atomic mass is 19.1. The highest BCUT2D eigenvalue weighted by molar-refractivity contribution is 6.06. The summed E-state index contributed by atoms with van der Waals surface area (Å²) in [5.74, 6) is -2.03. The van der Waals surface area contributed by atoms with Gasteiger partial charge in [-0.15, -0.1) is 0 Å². The van der Waals surface area contributed by atoms with Crippen molar-refractivity contribution < 1.29 is 13.6 Å². The van der Waals surface area contributed by atoms with Crippen LogP contribution in [0.4, 0.5) is 14.5 Å². The van der Waals surface area contributed by atoms with Crippen molar-refractivity contribution in [2.45, 2.75) is 6.92 Å². The molecule has 0 spiro atoms. The minimum atomic E-state index is -0.848. The van der Waals surface area contributed by atoms with Crippen LogP contribution in [-0.4, -0.2) is 12.5 Å². The first kappa shape index (κ1) is 13.2. The molecule has 0 fully saturated rings. The Morgan fingerprint density at radius 2 is 1.79 bits per heavy atom. The first-order valence-electron chi connectivity index (χ1n) is 5.95. The Balaban J connectivity index is 2.36. The number of amides is 1. The Morgan fingerprint density at radius 1 is 1.11 bits per heavy atom. The molecule has 98 valence electrons. The predicted octanol–water partition coefficient (Wildman–Crippen LogP) is 3.63. The third-order valence-electron chi connectivity index (χ3n) is 2.79. The maximum absolute atomic E-state index is 13.6. The Labute approximate surface area is 110 Å². The number of carbonyl (C=O) groups excluding carboxylic acids is 1. The van der Waals surface area contributed by atoms with E-state index in [4.69, 9.17) is 0 Å². The highest BCUT2D eigenvalue weighted by Gasteiger charge is 2.19. The van der Waals surface area contributed by atoms with Gasteiger partial charge in [-0.25, -0.2) is 8.78 Å². The SMILES string of the molecule is CCN(C(=O)c1ccc(F)cc1F)c1ccccc1. The number of carbonyl (C=O) groups is 1. The third-order valence-corrected chi connectivity index (χ3v) is 2.79. The Morgan fingerprint density at radius 3 is 2.37 bits per heavy atom. The van der Waals surface area contributed by atoms with E-state index in [-0.39, 0.29) is 5.56 Å². The number of hydrogen-bond donors (Lipinski definition) is 0. The molecule has 4 heteroatoms. The lowest BCUT2D eigenvalue weighted by molar-refractivity contribution is 0.0984. The molecular formula is C15H13F2NO. The van der Waals surface area contributed by atoms with Crippen LogP contribution in [0.5, 0.6) is 0 Å². The molecule has 0 saturated carbocycles. The number of halogens is 2. The Kier molecular flexibility index (Phi) is 3.90. The van der Waals surface area contributed by atoms with Crippen LogP contribution in [0.15, 0.2) is 48.5 Å². The van der Waals surface area contributed by atoms with E-state index in [1.807, 2.05) is 6.07 Å². The smallest absolute Gasteiger partial charge is 0.261 e. The summed E-state index contributed by atoms with van der Waals surface area (Å²) >= 11 is 0. The van der Waals surface area contributed by atoms with Crippen molar-refractivity contribution in [1.29, 1.82) is 0 Å². The van der Waals surface area contributed by atoms with Gasteiger partial charge >= 0.3 is 0 Å². The van der Waals surface area contributed by atoms with Gasteiger partial charge in [0, 0.05) is 18.3 Å². The largest absolute Gasteiger partial charge is 0.309 e. The molecule has 0 aromatic heterocycles. The molecule has 0 N–H and O–H groups in total. The van der Waals surface area contributed by atoms with Crippen LogP contribution < -0.4 is 4.90 Å². The molecule has 0 aliphatic carbocycles. The molecule has 1 amide bonds. The third kappa shape index (κ3) is 2.78. The summed E-state index contributed by atoms with van der Waals surface area (Å²) in [6.07, 6.45) is 0. The van der Waals surface area contributed by atoms with Crippen LogP contribution in [-0.2, 0) is 0 Å². The van der Waals surface area contributed by atoms with Gasteiger partial charge in [-0.2, -0.15) is 0 Å². The van der Waals surface area contributed by atoms with E-state index in [1.165, 1.54) is 11.0 Å². The van der Waals surface area contributed by atoms with E-state index in [2.05, 4.69) is 0 Å². The summed E-state index contributed by atoms with van der Waals surface area (Å²) < 4.78 is 26.5. The van der Waals surface area contributed by atoms with Gasteiger partial charge < -0.3 is 4.90 Å². The summed E-state index contributed by atoms with van der Waals surface area (Å²) in [5.41, 5.74) is 0.547. The zero-order chi connectivity index (χ0) is 13.8. The second kappa shape index (κ2) is 5.61. The minimum Gasteiger partial charge on any atom is -0.309 e. The first-order valence-corrected chi connectivity index (χ1v) is 5.95. The molecule has 0 heterocycles. The van der Waals surface area contributed by atoms with Gasteiger partial charge in [0.1, 0.15) is 11.6 Å². The van der Waals surface area contributed by atoms with E-state index in [9.17, 15) is 13.6 Å². The fraction of sp³-hybridized carbons (Fsp3) is 0.133. The van der Waals surface area contributed by atoms with E-state index < -0.39 is 17.5 Å². The molecule has 2 aromatic carbocycles. The lowest BCUT2D eigenvalue weighted by atomic mass is 10.1. The number of rotatable bonds is 3. The zero-order valence-electron chi connectivity index (χ0n) is 10.4. The second-order valence-corrected chi connectivity index (χ2v) is 4.01. The molecule has 0 radical (unpaired) electrons. The summed E-state index contributed by atoms with van der Waals surface area (Å²) in [4.78, 5) is 13.7. The Hall–Kier alpha value is -2.23. The molecule has 2 aromatic rings. The number of para-hydroxylation sites is 1. The summed E-state index contributed by atoms with van der Waals surface area (Å²) in [7, 11) is 0. The standard InChI is InChI=1S/C15H13F2NO/c1-2-18(12-6-4-3-5-7-12)15(19)13-9-8-11(16)10-14(13)17/h3-10H,2H2,1H3. The minimum absolute atomic E-state index is 0.132. The molecule has 0 bridgehead atoms. The van der Waals surface area contributed by atoms with Gasteiger partial charge in [-0.3, -0.25) is 4.79 Å². The molecule has 2 nitrogen and oxygen atoms in total. The maximum atomic E-state index is 13.6. The van der Waals surface area contributed by atoms with Gasteiger partial charge in [-0.1, -0.05) is 18.2 Å². The van der Waals surface area contributed by atoms with Crippen LogP contribution in [0.3, 0.4) is 0 Å².